The third-order valence-corrected chi connectivity index (χ3v) is 5.46. The number of nitrogen functional groups attached to an aromatic ring is 1. The highest BCUT2D eigenvalue weighted by Crippen LogP contribution is 2.33. The Kier molecular flexibility index (Phi) is 6.08. The maximum atomic E-state index is 12.6. The van der Waals surface area contributed by atoms with Gasteiger partial charge in [0.1, 0.15) is 6.10 Å². The minimum absolute atomic E-state index is 0.0327. The van der Waals surface area contributed by atoms with E-state index in [-0.39, 0.29) is 18.5 Å². The number of carboxylic acids is 1. The molecule has 0 aliphatic heterocycles. The Balaban J connectivity index is 1.80. The van der Waals surface area contributed by atoms with Gasteiger partial charge < -0.3 is 25.8 Å². The molecule has 7 heteroatoms. The number of amides is 1. The molecule has 1 atom stereocenters. The third-order valence-electron chi connectivity index (χ3n) is 5.46. The second-order valence-corrected chi connectivity index (χ2v) is 8.83. The third kappa shape index (κ3) is 4.56. The van der Waals surface area contributed by atoms with Crippen LogP contribution in [0, 0.1) is 0 Å². The van der Waals surface area contributed by atoms with Crippen LogP contribution >= 0.6 is 0 Å². The fourth-order valence-electron chi connectivity index (χ4n) is 4.07. The van der Waals surface area contributed by atoms with Crippen molar-refractivity contribution in [2.75, 3.05) is 5.73 Å². The first-order valence-corrected chi connectivity index (χ1v) is 10.1. The molecular weight excluding hydrogens is 394 g/mol. The van der Waals surface area contributed by atoms with Gasteiger partial charge in [-0.1, -0.05) is 39.0 Å². The van der Waals surface area contributed by atoms with Gasteiger partial charge in [-0.25, -0.2) is 4.79 Å². The summed E-state index contributed by atoms with van der Waals surface area (Å²) >= 11 is 0. The zero-order valence-electron chi connectivity index (χ0n) is 18.3. The topological polar surface area (TPSA) is 118 Å². The van der Waals surface area contributed by atoms with E-state index in [1.165, 1.54) is 12.1 Å². The molecule has 1 aromatic heterocycles. The molecule has 31 heavy (non-hydrogen) atoms. The van der Waals surface area contributed by atoms with Crippen LogP contribution in [0.5, 0.6) is 0 Å². The van der Waals surface area contributed by atoms with Gasteiger partial charge in [-0.2, -0.15) is 0 Å². The molecule has 0 saturated heterocycles. The van der Waals surface area contributed by atoms with Gasteiger partial charge in [-0.15, -0.1) is 0 Å². The van der Waals surface area contributed by atoms with Crippen LogP contribution in [0.3, 0.4) is 0 Å². The second kappa shape index (κ2) is 8.43. The molecule has 0 bridgehead atoms. The molecule has 1 amide bonds. The van der Waals surface area contributed by atoms with Crippen LogP contribution in [-0.4, -0.2) is 32.8 Å². The van der Waals surface area contributed by atoms with Crippen molar-refractivity contribution in [1.82, 2.24) is 9.88 Å². The van der Waals surface area contributed by atoms with Gasteiger partial charge in [0.2, 0.25) is 5.91 Å². The average molecular weight is 424 g/mol. The van der Waals surface area contributed by atoms with E-state index in [1.807, 2.05) is 62.8 Å². The highest BCUT2D eigenvalue weighted by molar-refractivity contribution is 5.91. The lowest BCUT2D eigenvalue weighted by atomic mass is 9.80. The SMILES string of the molecule is Cn1cc(CC(O)C(=O)NCc2c(N)ccc(C(=O)O)c2C(C)(C)C)c2ccccc21. The summed E-state index contributed by atoms with van der Waals surface area (Å²) in [6, 6.07) is 10.8. The first-order valence-electron chi connectivity index (χ1n) is 10.1. The molecule has 0 saturated carbocycles. The molecule has 0 fully saturated rings. The number of hydrogen-bond donors (Lipinski definition) is 4. The number of rotatable bonds is 6. The smallest absolute Gasteiger partial charge is 0.335 e. The monoisotopic (exact) mass is 423 g/mol. The van der Waals surface area contributed by atoms with Gasteiger partial charge in [-0.3, -0.25) is 4.79 Å². The summed E-state index contributed by atoms with van der Waals surface area (Å²) in [6.07, 6.45) is 0.838. The van der Waals surface area contributed by atoms with E-state index >= 15 is 0 Å². The highest BCUT2D eigenvalue weighted by Gasteiger charge is 2.27. The van der Waals surface area contributed by atoms with Crippen molar-refractivity contribution in [3.8, 4) is 0 Å². The van der Waals surface area contributed by atoms with Crippen LogP contribution in [0.4, 0.5) is 5.69 Å². The number of aromatic carboxylic acids is 1. The number of aliphatic hydroxyl groups excluding tert-OH is 1. The molecule has 164 valence electrons. The van der Waals surface area contributed by atoms with E-state index in [0.717, 1.165) is 16.5 Å². The average Bonchev–Trinajstić information content (AvgIpc) is 3.01. The number of aryl methyl sites for hydroxylation is 1. The summed E-state index contributed by atoms with van der Waals surface area (Å²) in [6.45, 7) is 5.73. The van der Waals surface area contributed by atoms with Crippen molar-refractivity contribution in [3.63, 3.8) is 0 Å². The van der Waals surface area contributed by atoms with Crippen molar-refractivity contribution < 1.29 is 19.8 Å². The number of nitrogens with two attached hydrogens (primary N) is 1. The van der Waals surface area contributed by atoms with Gasteiger partial charge in [-0.05, 0) is 40.3 Å². The number of carbonyl (C=O) groups is 2. The molecule has 1 heterocycles. The van der Waals surface area contributed by atoms with Gasteiger partial charge in [0, 0.05) is 42.8 Å². The summed E-state index contributed by atoms with van der Waals surface area (Å²) in [5, 5.41) is 23.8. The zero-order valence-corrected chi connectivity index (χ0v) is 18.3. The number of para-hydroxylation sites is 1. The van der Waals surface area contributed by atoms with E-state index in [0.29, 0.717) is 16.8 Å². The van der Waals surface area contributed by atoms with Crippen LogP contribution < -0.4 is 11.1 Å². The van der Waals surface area contributed by atoms with Crippen molar-refractivity contribution >= 4 is 28.5 Å². The number of anilines is 1. The second-order valence-electron chi connectivity index (χ2n) is 8.83. The van der Waals surface area contributed by atoms with E-state index in [9.17, 15) is 19.8 Å². The fourth-order valence-corrected chi connectivity index (χ4v) is 4.07. The minimum Gasteiger partial charge on any atom is -0.478 e. The Bertz CT molecular complexity index is 1140. The molecule has 5 N–H and O–H groups in total. The van der Waals surface area contributed by atoms with Gasteiger partial charge in [0.15, 0.2) is 0 Å². The molecule has 0 aliphatic carbocycles. The van der Waals surface area contributed by atoms with Gasteiger partial charge in [0.25, 0.3) is 0 Å². The Labute approximate surface area is 181 Å². The summed E-state index contributed by atoms with van der Waals surface area (Å²) in [5.41, 5.74) is 9.22. The number of hydrogen-bond acceptors (Lipinski definition) is 4. The quantitative estimate of drug-likeness (QED) is 0.455. The summed E-state index contributed by atoms with van der Waals surface area (Å²) in [4.78, 5) is 24.4. The zero-order chi connectivity index (χ0) is 22.9. The number of aromatic nitrogens is 1. The molecule has 3 aromatic rings. The molecule has 1 unspecified atom stereocenters. The van der Waals surface area contributed by atoms with E-state index in [1.54, 1.807) is 0 Å². The molecule has 0 spiro atoms. The molecule has 0 aliphatic rings. The number of carbonyl (C=O) groups excluding carboxylic acids is 1. The normalized spacial score (nSPS) is 12.7. The van der Waals surface area contributed by atoms with Crippen LogP contribution in [0.1, 0.15) is 47.8 Å². The molecule has 3 rings (SSSR count). The maximum Gasteiger partial charge on any atom is 0.335 e. The number of aliphatic hydroxyl groups is 1. The summed E-state index contributed by atoms with van der Waals surface area (Å²) < 4.78 is 1.96. The lowest BCUT2D eigenvalue weighted by molar-refractivity contribution is -0.129. The van der Waals surface area contributed by atoms with Crippen molar-refractivity contribution in [1.29, 1.82) is 0 Å². The van der Waals surface area contributed by atoms with Crippen LogP contribution in [0.25, 0.3) is 10.9 Å². The predicted molar refractivity (Wildman–Crippen MR) is 121 cm³/mol. The van der Waals surface area contributed by atoms with E-state index < -0.39 is 23.4 Å². The number of benzene rings is 2. The number of carboxylic acid groups (broad SMARTS) is 1. The molecule has 2 aromatic carbocycles. The molecule has 7 nitrogen and oxygen atoms in total. The van der Waals surface area contributed by atoms with Crippen LogP contribution in [0.2, 0.25) is 0 Å². The van der Waals surface area contributed by atoms with Gasteiger partial charge >= 0.3 is 5.97 Å². The van der Waals surface area contributed by atoms with Crippen molar-refractivity contribution in [3.05, 3.63) is 64.8 Å². The van der Waals surface area contributed by atoms with E-state index in [4.69, 9.17) is 5.73 Å². The lowest BCUT2D eigenvalue weighted by Crippen LogP contribution is -2.36. The largest absolute Gasteiger partial charge is 0.478 e. The maximum absolute atomic E-state index is 12.6. The van der Waals surface area contributed by atoms with Crippen LogP contribution in [0.15, 0.2) is 42.6 Å². The number of fused-ring (bicyclic) bond motifs is 1. The lowest BCUT2D eigenvalue weighted by Gasteiger charge is -2.26. The Morgan fingerprint density at radius 2 is 1.84 bits per heavy atom. The first kappa shape index (κ1) is 22.4. The number of nitrogens with zero attached hydrogens (tertiary/aromatic N) is 1. The van der Waals surface area contributed by atoms with Crippen molar-refractivity contribution in [2.24, 2.45) is 7.05 Å². The predicted octanol–water partition coefficient (Wildman–Crippen LogP) is 2.98. The van der Waals surface area contributed by atoms with Crippen LogP contribution in [-0.2, 0) is 30.2 Å². The molecule has 0 radical (unpaired) electrons. The summed E-state index contributed by atoms with van der Waals surface area (Å²) in [7, 11) is 1.92. The van der Waals surface area contributed by atoms with E-state index in [2.05, 4.69) is 5.32 Å². The minimum atomic E-state index is -1.24. The molecular formula is C24H29N3O4. The standard InChI is InChI=1S/C24H29N3O4/c1-24(2,3)21-16(23(30)31)9-10-18(25)17(21)12-26-22(29)20(28)11-14-13-27(4)19-8-6-5-7-15(14)19/h5-10,13,20,28H,11-12,25H2,1-4H3,(H,26,29)(H,30,31). The Morgan fingerprint density at radius 3 is 2.48 bits per heavy atom. The first-order chi connectivity index (χ1) is 14.5. The number of nitrogens with one attached hydrogen (secondary N) is 1. The summed E-state index contributed by atoms with van der Waals surface area (Å²) in [5.74, 6) is -1.58. The van der Waals surface area contributed by atoms with Gasteiger partial charge in [0.05, 0.1) is 5.56 Å². The Hall–Kier alpha value is -3.32. The fraction of sp³-hybridized carbons (Fsp3) is 0.333. The highest BCUT2D eigenvalue weighted by atomic mass is 16.4. The van der Waals surface area contributed by atoms with Crippen molar-refractivity contribution in [2.45, 2.75) is 45.3 Å². The Morgan fingerprint density at radius 1 is 1.16 bits per heavy atom.